The van der Waals surface area contributed by atoms with Gasteiger partial charge in [0.15, 0.2) is 11.6 Å². The number of phenols is 1. The topological polar surface area (TPSA) is 78.4 Å². The van der Waals surface area contributed by atoms with Crippen molar-refractivity contribution in [2.24, 2.45) is 11.3 Å². The maximum Gasteiger partial charge on any atom is 0.223 e. The second kappa shape index (κ2) is 8.47. The van der Waals surface area contributed by atoms with E-state index in [9.17, 15) is 19.1 Å². The summed E-state index contributed by atoms with van der Waals surface area (Å²) in [6, 6.07) is 0.737. The van der Waals surface area contributed by atoms with Crippen molar-refractivity contribution < 1.29 is 23.5 Å². The minimum Gasteiger partial charge on any atom is -0.505 e. The van der Waals surface area contributed by atoms with E-state index < -0.39 is 28.7 Å². The summed E-state index contributed by atoms with van der Waals surface area (Å²) in [7, 11) is 0. The van der Waals surface area contributed by atoms with Crippen molar-refractivity contribution in [1.29, 1.82) is 0 Å². The average molecular weight is 469 g/mol. The molecule has 8 heteroatoms. The smallest absolute Gasteiger partial charge is 0.223 e. The van der Waals surface area contributed by atoms with Crippen LogP contribution in [0.2, 0.25) is 5.02 Å². The molecule has 176 valence electrons. The van der Waals surface area contributed by atoms with E-state index in [1.807, 2.05) is 0 Å². The monoisotopic (exact) mass is 468 g/mol. The van der Waals surface area contributed by atoms with Gasteiger partial charge >= 0.3 is 0 Å². The number of phenolic OH excluding ortho intramolecular Hbond substituents is 1. The average Bonchev–Trinajstić information content (AvgIpc) is 3.22. The van der Waals surface area contributed by atoms with Crippen LogP contribution in [-0.4, -0.2) is 28.6 Å². The van der Waals surface area contributed by atoms with Crippen LogP contribution in [-0.2, 0) is 9.59 Å². The zero-order chi connectivity index (χ0) is 23.3. The molecule has 0 radical (unpaired) electrons. The molecular weight excluding hydrogens is 438 g/mol. The number of fused-ring (bicyclic) bond motifs is 3. The molecule has 4 fully saturated rings. The Morgan fingerprint density at radius 3 is 2.41 bits per heavy atom. The number of rotatable bonds is 5. The third kappa shape index (κ3) is 4.20. The summed E-state index contributed by atoms with van der Waals surface area (Å²) in [5.41, 5.74) is -1.24. The van der Waals surface area contributed by atoms with Crippen LogP contribution in [0.1, 0.15) is 81.9 Å². The van der Waals surface area contributed by atoms with Gasteiger partial charge in [-0.05, 0) is 76.2 Å². The first kappa shape index (κ1) is 23.3. The van der Waals surface area contributed by atoms with E-state index in [0.717, 1.165) is 0 Å². The number of hydrogen-bond donors (Lipinski definition) is 3. The molecule has 2 bridgehead atoms. The Labute approximate surface area is 192 Å². The highest BCUT2D eigenvalue weighted by Gasteiger charge is 2.54. The standard InChI is InChI=1S/C24H31ClF2N2O3/c1-13-18(25)12-17(19(26)20(13)31)21(23-5-8-24(27,9-6-23)10-7-23)29-22(32)15-3-4-16(11-15)28-14(2)30/h12,15-16,21,31H,3-11H2,1-2H3,(H,28,30)(H,29,32)/t15-,16?,21-,23?,24?/m1/s1. The molecule has 4 saturated carbocycles. The number of hydrogen-bond acceptors (Lipinski definition) is 3. The summed E-state index contributed by atoms with van der Waals surface area (Å²) in [5.74, 6) is -1.91. The number of aromatic hydroxyl groups is 1. The van der Waals surface area contributed by atoms with E-state index in [1.54, 1.807) is 0 Å². The summed E-state index contributed by atoms with van der Waals surface area (Å²) in [6.07, 6.45) is 4.66. The van der Waals surface area contributed by atoms with E-state index >= 15 is 4.39 Å². The Morgan fingerprint density at radius 1 is 1.19 bits per heavy atom. The van der Waals surface area contributed by atoms with Crippen LogP contribution in [0.25, 0.3) is 0 Å². The van der Waals surface area contributed by atoms with Crippen LogP contribution in [0.15, 0.2) is 6.07 Å². The lowest BCUT2D eigenvalue weighted by atomic mass is 9.55. The molecule has 3 N–H and O–H groups in total. The van der Waals surface area contributed by atoms with Gasteiger partial charge in [0.2, 0.25) is 11.8 Å². The minimum absolute atomic E-state index is 0.0500. The molecule has 1 unspecified atom stereocenters. The lowest BCUT2D eigenvalue weighted by molar-refractivity contribution is -0.129. The summed E-state index contributed by atoms with van der Waals surface area (Å²) < 4.78 is 30.1. The van der Waals surface area contributed by atoms with Crippen molar-refractivity contribution in [2.75, 3.05) is 0 Å². The zero-order valence-electron chi connectivity index (χ0n) is 18.6. The quantitative estimate of drug-likeness (QED) is 0.568. The highest BCUT2D eigenvalue weighted by molar-refractivity contribution is 6.31. The van der Waals surface area contributed by atoms with Crippen molar-refractivity contribution in [3.05, 3.63) is 28.0 Å². The maximum atomic E-state index is 15.3. The third-order valence-electron chi connectivity index (χ3n) is 8.09. The SMILES string of the molecule is CC(=O)NC1CC[C@@H](C(=O)N[C@H](c2cc(Cl)c(C)c(O)c2F)C23CCC(F)(CC2)CC3)C1. The van der Waals surface area contributed by atoms with Crippen molar-refractivity contribution >= 4 is 23.4 Å². The fourth-order valence-electron chi connectivity index (χ4n) is 5.99. The minimum atomic E-state index is -1.17. The van der Waals surface area contributed by atoms with Crippen LogP contribution in [0.4, 0.5) is 8.78 Å². The van der Waals surface area contributed by atoms with Gasteiger partial charge in [0, 0.05) is 35.0 Å². The molecule has 32 heavy (non-hydrogen) atoms. The van der Waals surface area contributed by atoms with E-state index in [4.69, 9.17) is 11.6 Å². The second-order valence-corrected chi connectivity index (χ2v) is 10.5. The Bertz CT molecular complexity index is 914. The van der Waals surface area contributed by atoms with Crippen molar-refractivity contribution in [3.63, 3.8) is 0 Å². The van der Waals surface area contributed by atoms with Gasteiger partial charge < -0.3 is 15.7 Å². The first-order valence-electron chi connectivity index (χ1n) is 11.5. The molecule has 0 aromatic heterocycles. The van der Waals surface area contributed by atoms with E-state index in [-0.39, 0.29) is 39.9 Å². The van der Waals surface area contributed by atoms with Crippen LogP contribution >= 0.6 is 11.6 Å². The molecule has 0 spiro atoms. The number of alkyl halides is 1. The van der Waals surface area contributed by atoms with Crippen LogP contribution in [0.3, 0.4) is 0 Å². The number of halogens is 3. The molecular formula is C24H31ClF2N2O3. The Balaban J connectivity index is 1.64. The largest absolute Gasteiger partial charge is 0.505 e. The second-order valence-electron chi connectivity index (χ2n) is 10.1. The molecule has 4 aliphatic rings. The number of amides is 2. The molecule has 0 heterocycles. The van der Waals surface area contributed by atoms with Gasteiger partial charge in [0.25, 0.3) is 0 Å². The fraction of sp³-hybridized carbons (Fsp3) is 0.667. The molecule has 5 nitrogen and oxygen atoms in total. The number of carbonyl (C=O) groups is 2. The van der Waals surface area contributed by atoms with Crippen LogP contribution < -0.4 is 10.6 Å². The predicted octanol–water partition coefficient (Wildman–Crippen LogP) is 5.02. The van der Waals surface area contributed by atoms with E-state index in [0.29, 0.717) is 57.8 Å². The fourth-order valence-corrected chi connectivity index (χ4v) is 6.20. The van der Waals surface area contributed by atoms with Crippen molar-refractivity contribution in [2.45, 2.75) is 89.4 Å². The molecule has 1 aromatic rings. The molecule has 5 rings (SSSR count). The first-order chi connectivity index (χ1) is 15.0. The third-order valence-corrected chi connectivity index (χ3v) is 8.48. The van der Waals surface area contributed by atoms with Gasteiger partial charge in [-0.25, -0.2) is 8.78 Å². The lowest BCUT2D eigenvalue weighted by Gasteiger charge is -2.53. The van der Waals surface area contributed by atoms with Gasteiger partial charge in [0.05, 0.1) is 6.04 Å². The number of nitrogens with one attached hydrogen (secondary N) is 2. The molecule has 4 aliphatic carbocycles. The normalized spacial score (nSPS) is 32.5. The predicted molar refractivity (Wildman–Crippen MR) is 118 cm³/mol. The summed E-state index contributed by atoms with van der Waals surface area (Å²) >= 11 is 6.29. The summed E-state index contributed by atoms with van der Waals surface area (Å²) in [6.45, 7) is 2.99. The molecule has 0 saturated heterocycles. The maximum absolute atomic E-state index is 15.3. The van der Waals surface area contributed by atoms with E-state index in [2.05, 4.69) is 10.6 Å². The zero-order valence-corrected chi connectivity index (χ0v) is 19.3. The van der Waals surface area contributed by atoms with Crippen molar-refractivity contribution in [3.8, 4) is 5.75 Å². The number of carbonyl (C=O) groups excluding carboxylic acids is 2. The molecule has 2 amide bonds. The van der Waals surface area contributed by atoms with Gasteiger partial charge in [-0.2, -0.15) is 0 Å². The summed E-state index contributed by atoms with van der Waals surface area (Å²) in [4.78, 5) is 24.6. The van der Waals surface area contributed by atoms with Gasteiger partial charge in [-0.3, -0.25) is 9.59 Å². The van der Waals surface area contributed by atoms with Gasteiger partial charge in [0.1, 0.15) is 5.67 Å². The Hall–Kier alpha value is -1.89. The number of benzene rings is 1. The van der Waals surface area contributed by atoms with Gasteiger partial charge in [-0.15, -0.1) is 0 Å². The van der Waals surface area contributed by atoms with Crippen LogP contribution in [0.5, 0.6) is 5.75 Å². The van der Waals surface area contributed by atoms with Crippen molar-refractivity contribution in [1.82, 2.24) is 10.6 Å². The molecule has 1 aromatic carbocycles. The van der Waals surface area contributed by atoms with Crippen LogP contribution in [0, 0.1) is 24.1 Å². The Kier molecular flexibility index (Phi) is 6.16. The lowest BCUT2D eigenvalue weighted by Crippen LogP contribution is -2.51. The van der Waals surface area contributed by atoms with E-state index in [1.165, 1.54) is 19.9 Å². The summed E-state index contributed by atoms with van der Waals surface area (Å²) in [5, 5.41) is 16.5. The first-order valence-corrected chi connectivity index (χ1v) is 11.9. The molecule has 3 atom stereocenters. The highest BCUT2D eigenvalue weighted by atomic mass is 35.5. The Morgan fingerprint density at radius 2 is 1.81 bits per heavy atom. The highest BCUT2D eigenvalue weighted by Crippen LogP contribution is 2.60. The molecule has 0 aliphatic heterocycles. The van der Waals surface area contributed by atoms with Gasteiger partial charge in [-0.1, -0.05) is 11.6 Å².